The summed E-state index contributed by atoms with van der Waals surface area (Å²) in [6.45, 7) is 5.46. The fourth-order valence-electron chi connectivity index (χ4n) is 1.19. The van der Waals surface area contributed by atoms with E-state index in [2.05, 4.69) is 31.9 Å². The van der Waals surface area contributed by atoms with Gasteiger partial charge >= 0.3 is 0 Å². The molecular formula is C11H12Br2O2. The van der Waals surface area contributed by atoms with Gasteiger partial charge in [0.2, 0.25) is 0 Å². The number of halogens is 2. The van der Waals surface area contributed by atoms with Crippen LogP contribution in [0.25, 0.3) is 0 Å². The molecule has 1 fully saturated rings. The number of rotatable bonds is 3. The van der Waals surface area contributed by atoms with Crippen LogP contribution in [0.2, 0.25) is 0 Å². The minimum Gasteiger partial charge on any atom is -0.488 e. The fourth-order valence-corrected chi connectivity index (χ4v) is 2.37. The van der Waals surface area contributed by atoms with Gasteiger partial charge < -0.3 is 9.47 Å². The lowest BCUT2D eigenvalue weighted by molar-refractivity contribution is 0.201. The van der Waals surface area contributed by atoms with E-state index in [0.717, 1.165) is 26.9 Å². The second-order valence-corrected chi connectivity index (χ2v) is 5.68. The van der Waals surface area contributed by atoms with Gasteiger partial charge in [-0.2, -0.15) is 0 Å². The van der Waals surface area contributed by atoms with Crippen LogP contribution in [0, 0.1) is 6.92 Å². The summed E-state index contributed by atoms with van der Waals surface area (Å²) in [5, 5.41) is 0. The maximum Gasteiger partial charge on any atom is 0.148 e. The summed E-state index contributed by atoms with van der Waals surface area (Å²) in [7, 11) is 0. The van der Waals surface area contributed by atoms with Crippen molar-refractivity contribution in [3.05, 3.63) is 26.6 Å². The Balaban J connectivity index is 2.16. The molecule has 2 nitrogen and oxygen atoms in total. The molecule has 2 rings (SSSR count). The van der Waals surface area contributed by atoms with Crippen molar-refractivity contribution in [3.8, 4) is 5.75 Å². The van der Waals surface area contributed by atoms with Crippen LogP contribution in [0.4, 0.5) is 0 Å². The Labute approximate surface area is 106 Å². The van der Waals surface area contributed by atoms with E-state index in [9.17, 15) is 0 Å². The van der Waals surface area contributed by atoms with Crippen molar-refractivity contribution >= 4 is 31.9 Å². The van der Waals surface area contributed by atoms with E-state index in [-0.39, 0.29) is 5.60 Å². The summed E-state index contributed by atoms with van der Waals surface area (Å²) in [6, 6.07) is 4.03. The molecule has 1 aliphatic heterocycles. The number of ether oxygens (including phenoxy) is 2. The smallest absolute Gasteiger partial charge is 0.148 e. The van der Waals surface area contributed by atoms with E-state index in [0.29, 0.717) is 6.61 Å². The molecule has 0 spiro atoms. The zero-order valence-electron chi connectivity index (χ0n) is 8.64. The summed E-state index contributed by atoms with van der Waals surface area (Å²) in [6.07, 6.45) is 0. The molecule has 4 heteroatoms. The fraction of sp³-hybridized carbons (Fsp3) is 0.455. The number of aryl methyl sites for hydroxylation is 1. The largest absolute Gasteiger partial charge is 0.488 e. The lowest BCUT2D eigenvalue weighted by Crippen LogP contribution is -2.17. The third-order valence-corrected chi connectivity index (χ3v) is 4.01. The second-order valence-electron chi connectivity index (χ2n) is 4.03. The van der Waals surface area contributed by atoms with Gasteiger partial charge in [0.15, 0.2) is 0 Å². The van der Waals surface area contributed by atoms with Crippen molar-refractivity contribution < 1.29 is 9.47 Å². The molecule has 0 saturated carbocycles. The van der Waals surface area contributed by atoms with Crippen LogP contribution >= 0.6 is 31.9 Å². The normalized spacial score (nSPS) is 24.0. The highest BCUT2D eigenvalue weighted by atomic mass is 79.9. The van der Waals surface area contributed by atoms with Gasteiger partial charge in [0, 0.05) is 0 Å². The van der Waals surface area contributed by atoms with Crippen molar-refractivity contribution in [3.63, 3.8) is 0 Å². The van der Waals surface area contributed by atoms with Gasteiger partial charge in [-0.1, -0.05) is 6.07 Å². The molecule has 1 saturated heterocycles. The zero-order chi connectivity index (χ0) is 11.1. The lowest BCUT2D eigenvalue weighted by Gasteiger charge is -2.13. The summed E-state index contributed by atoms with van der Waals surface area (Å²) in [4.78, 5) is 0. The van der Waals surface area contributed by atoms with Crippen LogP contribution in [-0.2, 0) is 4.74 Å². The van der Waals surface area contributed by atoms with Crippen LogP contribution in [0.3, 0.4) is 0 Å². The van der Waals surface area contributed by atoms with Crippen molar-refractivity contribution in [1.29, 1.82) is 0 Å². The van der Waals surface area contributed by atoms with Crippen LogP contribution in [0.15, 0.2) is 21.1 Å². The lowest BCUT2D eigenvalue weighted by atomic mass is 10.2. The highest BCUT2D eigenvalue weighted by molar-refractivity contribution is 9.11. The van der Waals surface area contributed by atoms with Gasteiger partial charge in [-0.15, -0.1) is 0 Å². The molecule has 0 N–H and O–H groups in total. The quantitative estimate of drug-likeness (QED) is 0.786. The molecule has 1 aromatic rings. The number of hydrogen-bond donors (Lipinski definition) is 0. The van der Waals surface area contributed by atoms with Gasteiger partial charge in [0.25, 0.3) is 0 Å². The van der Waals surface area contributed by atoms with Crippen LogP contribution in [0.1, 0.15) is 12.5 Å². The Kier molecular flexibility index (Phi) is 3.10. The van der Waals surface area contributed by atoms with Crippen LogP contribution in [0.5, 0.6) is 5.75 Å². The summed E-state index contributed by atoms with van der Waals surface area (Å²) in [5.41, 5.74) is 1.08. The number of epoxide rings is 1. The zero-order valence-corrected chi connectivity index (χ0v) is 11.8. The van der Waals surface area contributed by atoms with Gasteiger partial charge in [0.1, 0.15) is 18.0 Å². The van der Waals surface area contributed by atoms with Crippen LogP contribution in [-0.4, -0.2) is 18.8 Å². The molecule has 0 aromatic heterocycles. The minimum atomic E-state index is -0.0807. The molecule has 1 unspecified atom stereocenters. The standard InChI is InChI=1S/C11H12Br2O2/c1-7-3-4-8(12)10(9(7)13)14-5-11(2)6-15-11/h3-4H,5-6H2,1-2H3. The highest BCUT2D eigenvalue weighted by Gasteiger charge is 2.40. The van der Waals surface area contributed by atoms with Gasteiger partial charge in [-0.3, -0.25) is 0 Å². The molecule has 1 heterocycles. The molecule has 15 heavy (non-hydrogen) atoms. The Bertz CT molecular complexity index is 386. The average molecular weight is 336 g/mol. The Morgan fingerprint density at radius 1 is 1.47 bits per heavy atom. The maximum atomic E-state index is 5.76. The summed E-state index contributed by atoms with van der Waals surface area (Å²) in [5.74, 6) is 0.853. The number of benzene rings is 1. The van der Waals surface area contributed by atoms with Gasteiger partial charge in [-0.05, 0) is 57.3 Å². The van der Waals surface area contributed by atoms with Crippen molar-refractivity contribution in [2.45, 2.75) is 19.4 Å². The van der Waals surface area contributed by atoms with E-state index in [1.165, 1.54) is 0 Å². The van der Waals surface area contributed by atoms with Gasteiger partial charge in [0.05, 0.1) is 15.6 Å². The average Bonchev–Trinajstić information content (AvgIpc) is 2.91. The third-order valence-electron chi connectivity index (χ3n) is 2.40. The Morgan fingerprint density at radius 2 is 2.13 bits per heavy atom. The van der Waals surface area contributed by atoms with E-state index in [1.54, 1.807) is 0 Å². The molecule has 0 aliphatic carbocycles. The first-order valence-corrected chi connectivity index (χ1v) is 6.32. The van der Waals surface area contributed by atoms with E-state index in [1.807, 2.05) is 26.0 Å². The monoisotopic (exact) mass is 334 g/mol. The first-order chi connectivity index (χ1) is 7.02. The van der Waals surface area contributed by atoms with E-state index >= 15 is 0 Å². The molecule has 0 radical (unpaired) electrons. The molecule has 1 aromatic carbocycles. The summed E-state index contributed by atoms with van der Waals surface area (Å²) >= 11 is 7.00. The van der Waals surface area contributed by atoms with Crippen LogP contribution < -0.4 is 4.74 Å². The molecule has 82 valence electrons. The first kappa shape index (κ1) is 11.4. The molecule has 1 aliphatic rings. The SMILES string of the molecule is Cc1ccc(Br)c(OCC2(C)CO2)c1Br. The second kappa shape index (κ2) is 4.07. The minimum absolute atomic E-state index is 0.0807. The van der Waals surface area contributed by atoms with Gasteiger partial charge in [-0.25, -0.2) is 0 Å². The van der Waals surface area contributed by atoms with Crippen molar-refractivity contribution in [2.75, 3.05) is 13.2 Å². The van der Waals surface area contributed by atoms with Crippen molar-refractivity contribution in [2.24, 2.45) is 0 Å². The predicted octanol–water partition coefficient (Wildman–Crippen LogP) is 3.69. The molecule has 1 atom stereocenters. The molecule has 0 bridgehead atoms. The first-order valence-electron chi connectivity index (χ1n) is 4.73. The maximum absolute atomic E-state index is 5.76. The topological polar surface area (TPSA) is 21.8 Å². The van der Waals surface area contributed by atoms with Crippen molar-refractivity contribution in [1.82, 2.24) is 0 Å². The molecule has 0 amide bonds. The third kappa shape index (κ3) is 2.55. The Morgan fingerprint density at radius 3 is 2.73 bits per heavy atom. The summed E-state index contributed by atoms with van der Waals surface area (Å²) < 4.78 is 13.0. The number of hydrogen-bond acceptors (Lipinski definition) is 2. The predicted molar refractivity (Wildman–Crippen MR) is 66.4 cm³/mol. The highest BCUT2D eigenvalue weighted by Crippen LogP contribution is 2.37. The van der Waals surface area contributed by atoms with E-state index in [4.69, 9.17) is 9.47 Å². The molecular weight excluding hydrogens is 324 g/mol. The Hall–Kier alpha value is -0.0600. The van der Waals surface area contributed by atoms with E-state index < -0.39 is 0 Å².